The second-order valence-electron chi connectivity index (χ2n) is 9.56. The first-order valence-corrected chi connectivity index (χ1v) is 9.97. The third-order valence-electron chi connectivity index (χ3n) is 9.09. The van der Waals surface area contributed by atoms with Crippen molar-refractivity contribution in [2.45, 2.75) is 78.2 Å². The molecule has 0 heterocycles. The van der Waals surface area contributed by atoms with Gasteiger partial charge in [0.1, 0.15) is 0 Å². The fourth-order valence-electron chi connectivity index (χ4n) is 7.61. The fraction of sp³-hybridized carbons (Fsp3) is 0.905. The van der Waals surface area contributed by atoms with Crippen LogP contribution in [0.2, 0.25) is 0 Å². The number of aliphatic hydroxyl groups is 2. The summed E-state index contributed by atoms with van der Waals surface area (Å²) in [7, 11) is 0. The monoisotopic (exact) mass is 318 g/mol. The van der Waals surface area contributed by atoms with E-state index in [1.54, 1.807) is 0 Å². The van der Waals surface area contributed by atoms with E-state index in [1.165, 1.54) is 32.1 Å². The van der Waals surface area contributed by atoms with Crippen LogP contribution < -0.4 is 0 Å². The number of aliphatic hydroxyl groups excluding tert-OH is 2. The lowest BCUT2D eigenvalue weighted by Crippen LogP contribution is -2.57. The summed E-state index contributed by atoms with van der Waals surface area (Å²) < 4.78 is 0. The first kappa shape index (κ1) is 16.0. The molecular weight excluding hydrogens is 284 g/mol. The van der Waals surface area contributed by atoms with E-state index in [0.29, 0.717) is 28.9 Å². The van der Waals surface area contributed by atoms with Crippen LogP contribution in [0.3, 0.4) is 0 Å². The Hall–Kier alpha value is -0.500. The first-order valence-electron chi connectivity index (χ1n) is 9.97. The quantitative estimate of drug-likeness (QED) is 0.708. The predicted molar refractivity (Wildman–Crippen MR) is 93.0 cm³/mol. The van der Waals surface area contributed by atoms with Gasteiger partial charge in [0.2, 0.25) is 0 Å². The van der Waals surface area contributed by atoms with Crippen molar-refractivity contribution in [3.05, 3.63) is 11.8 Å². The zero-order valence-electron chi connectivity index (χ0n) is 15.1. The third-order valence-corrected chi connectivity index (χ3v) is 9.09. The summed E-state index contributed by atoms with van der Waals surface area (Å²) >= 11 is 0. The van der Waals surface area contributed by atoms with Crippen molar-refractivity contribution < 1.29 is 10.2 Å². The van der Waals surface area contributed by atoms with Crippen LogP contribution in [0.1, 0.15) is 72.1 Å². The minimum Gasteiger partial charge on any atom is -0.513 e. The van der Waals surface area contributed by atoms with Crippen molar-refractivity contribution >= 4 is 0 Å². The van der Waals surface area contributed by atoms with Gasteiger partial charge in [-0.25, -0.2) is 0 Å². The smallest absolute Gasteiger partial charge is 0.0886 e. The molecule has 0 radical (unpaired) electrons. The van der Waals surface area contributed by atoms with E-state index in [1.807, 2.05) is 0 Å². The number of fused-ring (bicyclic) bond motifs is 5. The van der Waals surface area contributed by atoms with Crippen molar-refractivity contribution in [2.24, 2.45) is 40.4 Å². The van der Waals surface area contributed by atoms with Crippen LogP contribution >= 0.6 is 0 Å². The molecule has 0 amide bonds. The molecule has 23 heavy (non-hydrogen) atoms. The highest BCUT2D eigenvalue weighted by Crippen LogP contribution is 2.67. The topological polar surface area (TPSA) is 40.5 Å². The van der Waals surface area contributed by atoms with E-state index < -0.39 is 0 Å². The highest BCUT2D eigenvalue weighted by Gasteiger charge is 2.62. The maximum atomic E-state index is 11.2. The molecule has 1 unspecified atom stereocenters. The Morgan fingerprint density at radius 1 is 1.13 bits per heavy atom. The van der Waals surface area contributed by atoms with Gasteiger partial charge < -0.3 is 10.2 Å². The van der Waals surface area contributed by atoms with Crippen molar-refractivity contribution in [3.63, 3.8) is 0 Å². The number of allylic oxidation sites excluding steroid dienone is 2. The number of hydrogen-bond acceptors (Lipinski definition) is 2. The molecule has 2 heteroatoms. The Bertz CT molecular complexity index is 512. The van der Waals surface area contributed by atoms with E-state index in [9.17, 15) is 10.2 Å². The van der Waals surface area contributed by atoms with Gasteiger partial charge in [-0.15, -0.1) is 0 Å². The Labute approximate surface area is 141 Å². The van der Waals surface area contributed by atoms with Crippen LogP contribution in [0, 0.1) is 40.4 Å². The highest BCUT2D eigenvalue weighted by molar-refractivity contribution is 5.15. The molecule has 3 fully saturated rings. The normalized spacial score (nSPS) is 55.6. The van der Waals surface area contributed by atoms with E-state index >= 15 is 0 Å². The maximum Gasteiger partial charge on any atom is 0.0886 e. The molecule has 0 aromatic heterocycles. The molecule has 8 atom stereocenters. The Balaban J connectivity index is 1.68. The standard InChI is InChI=1S/C21H34O2/c1-4-13-6-8-17-16-7-5-14-11-15(22)9-10-20(14,2)18(16)12-19(23)21(13,17)3/h9,13-14,16-19,22-23H,4-8,10-12H2,1-3H3/t13-,14?,16-,17-,18-,19-,20-,21+/m0/s1. The SMILES string of the molecule is CC[C@H]1CC[C@H]2[C@@H]3CCC4CC(O)=CC[C@]4(C)[C@H]3C[C@H](O)[C@]12C. The highest BCUT2D eigenvalue weighted by atomic mass is 16.3. The van der Waals surface area contributed by atoms with Gasteiger partial charge in [-0.3, -0.25) is 0 Å². The molecule has 4 aliphatic carbocycles. The lowest BCUT2D eigenvalue weighted by atomic mass is 9.44. The van der Waals surface area contributed by atoms with Gasteiger partial charge in [0.05, 0.1) is 11.9 Å². The van der Waals surface area contributed by atoms with E-state index in [0.717, 1.165) is 31.1 Å². The summed E-state index contributed by atoms with van der Waals surface area (Å²) in [6, 6.07) is 0. The Morgan fingerprint density at radius 3 is 2.65 bits per heavy atom. The molecular formula is C21H34O2. The van der Waals surface area contributed by atoms with E-state index in [4.69, 9.17) is 0 Å². The van der Waals surface area contributed by atoms with Crippen molar-refractivity contribution in [3.8, 4) is 0 Å². The third kappa shape index (κ3) is 2.03. The number of hydrogen-bond donors (Lipinski definition) is 2. The summed E-state index contributed by atoms with van der Waals surface area (Å²) in [6.07, 6.45) is 11.3. The van der Waals surface area contributed by atoms with Gasteiger partial charge in [0, 0.05) is 6.42 Å². The van der Waals surface area contributed by atoms with Crippen LogP contribution in [0.4, 0.5) is 0 Å². The molecule has 0 bridgehead atoms. The molecule has 0 saturated heterocycles. The van der Waals surface area contributed by atoms with Crippen LogP contribution in [0.25, 0.3) is 0 Å². The zero-order chi connectivity index (χ0) is 16.4. The lowest BCUT2D eigenvalue weighted by Gasteiger charge is -2.61. The van der Waals surface area contributed by atoms with Gasteiger partial charge in [0.15, 0.2) is 0 Å². The van der Waals surface area contributed by atoms with Gasteiger partial charge in [-0.1, -0.05) is 27.2 Å². The summed E-state index contributed by atoms with van der Waals surface area (Å²) in [6.45, 7) is 7.17. The largest absolute Gasteiger partial charge is 0.513 e. The molecule has 0 aromatic rings. The fourth-order valence-corrected chi connectivity index (χ4v) is 7.61. The van der Waals surface area contributed by atoms with Crippen LogP contribution in [0.5, 0.6) is 0 Å². The van der Waals surface area contributed by atoms with E-state index in [-0.39, 0.29) is 11.5 Å². The molecule has 0 aromatic carbocycles. The van der Waals surface area contributed by atoms with Gasteiger partial charge >= 0.3 is 0 Å². The van der Waals surface area contributed by atoms with Gasteiger partial charge in [-0.2, -0.15) is 0 Å². The van der Waals surface area contributed by atoms with Crippen molar-refractivity contribution in [1.29, 1.82) is 0 Å². The number of rotatable bonds is 1. The van der Waals surface area contributed by atoms with Crippen LogP contribution in [0.15, 0.2) is 11.8 Å². The average Bonchev–Trinajstić information content (AvgIpc) is 2.87. The Kier molecular flexibility index (Phi) is 3.65. The van der Waals surface area contributed by atoms with Crippen LogP contribution in [-0.4, -0.2) is 16.3 Å². The minimum absolute atomic E-state index is 0.128. The zero-order valence-corrected chi connectivity index (χ0v) is 15.1. The molecule has 2 N–H and O–H groups in total. The summed E-state index contributed by atoms with van der Waals surface area (Å²) in [5.41, 5.74) is 0.452. The van der Waals surface area contributed by atoms with Crippen LogP contribution in [-0.2, 0) is 0 Å². The second kappa shape index (κ2) is 5.25. The second-order valence-corrected chi connectivity index (χ2v) is 9.56. The maximum absolute atomic E-state index is 11.2. The molecule has 0 spiro atoms. The predicted octanol–water partition coefficient (Wildman–Crippen LogP) is 5.08. The van der Waals surface area contributed by atoms with Gasteiger partial charge in [0.25, 0.3) is 0 Å². The molecule has 0 aliphatic heterocycles. The average molecular weight is 319 g/mol. The molecule has 4 rings (SSSR count). The molecule has 3 saturated carbocycles. The van der Waals surface area contributed by atoms with Gasteiger partial charge in [-0.05, 0) is 85.0 Å². The van der Waals surface area contributed by atoms with Crippen molar-refractivity contribution in [2.75, 3.05) is 0 Å². The van der Waals surface area contributed by atoms with E-state index in [2.05, 4.69) is 26.8 Å². The summed E-state index contributed by atoms with van der Waals surface area (Å²) in [4.78, 5) is 0. The molecule has 2 nitrogen and oxygen atoms in total. The Morgan fingerprint density at radius 2 is 1.91 bits per heavy atom. The lowest BCUT2D eigenvalue weighted by molar-refractivity contribution is -0.157. The minimum atomic E-state index is -0.128. The van der Waals surface area contributed by atoms with Crippen molar-refractivity contribution in [1.82, 2.24) is 0 Å². The molecule has 4 aliphatic rings. The summed E-state index contributed by atoms with van der Waals surface area (Å²) in [5.74, 6) is 4.11. The molecule has 130 valence electrons. The first-order chi connectivity index (χ1) is 10.9. The summed E-state index contributed by atoms with van der Waals surface area (Å²) in [5, 5.41) is 21.2.